The lowest BCUT2D eigenvalue weighted by molar-refractivity contribution is 0.578. The summed E-state index contributed by atoms with van der Waals surface area (Å²) in [5.74, 6) is 0.0807. The molecule has 0 aromatic heterocycles. The summed E-state index contributed by atoms with van der Waals surface area (Å²) in [7, 11) is -1.52. The van der Waals surface area contributed by atoms with Gasteiger partial charge in [-0.1, -0.05) is 0 Å². The van der Waals surface area contributed by atoms with Crippen LogP contribution in [0.1, 0.15) is 19.3 Å². The molecular formula is C14H23N3O2S. The molecule has 1 saturated heterocycles. The summed E-state index contributed by atoms with van der Waals surface area (Å²) in [6.45, 7) is 2.63. The van der Waals surface area contributed by atoms with Gasteiger partial charge < -0.3 is 10.2 Å². The number of hydrogen-bond acceptors (Lipinski definition) is 4. The van der Waals surface area contributed by atoms with Crippen molar-refractivity contribution in [3.8, 4) is 0 Å². The molecule has 0 saturated carbocycles. The minimum absolute atomic E-state index is 0.0807. The van der Waals surface area contributed by atoms with Gasteiger partial charge in [-0.2, -0.15) is 0 Å². The fourth-order valence-corrected chi connectivity index (χ4v) is 3.43. The van der Waals surface area contributed by atoms with Crippen LogP contribution < -0.4 is 14.9 Å². The third-order valence-electron chi connectivity index (χ3n) is 3.48. The predicted octanol–water partition coefficient (Wildman–Crippen LogP) is 1.64. The van der Waals surface area contributed by atoms with Gasteiger partial charge in [0.2, 0.25) is 10.0 Å². The molecule has 0 unspecified atom stereocenters. The van der Waals surface area contributed by atoms with Crippen LogP contribution in [0.4, 0.5) is 11.4 Å². The van der Waals surface area contributed by atoms with Crippen molar-refractivity contribution in [2.45, 2.75) is 19.3 Å². The molecule has 0 atom stereocenters. The topological polar surface area (TPSA) is 61.4 Å². The number of anilines is 2. The highest BCUT2D eigenvalue weighted by Crippen LogP contribution is 2.22. The van der Waals surface area contributed by atoms with Crippen molar-refractivity contribution in [3.63, 3.8) is 0 Å². The Morgan fingerprint density at radius 1 is 1.10 bits per heavy atom. The maximum atomic E-state index is 11.8. The van der Waals surface area contributed by atoms with Crippen LogP contribution in [0, 0.1) is 0 Å². The first-order valence-corrected chi connectivity index (χ1v) is 8.76. The monoisotopic (exact) mass is 297 g/mol. The minimum Gasteiger partial charge on any atom is -0.372 e. The Labute approximate surface area is 121 Å². The van der Waals surface area contributed by atoms with Crippen LogP contribution in [-0.2, 0) is 10.0 Å². The molecule has 1 aliphatic heterocycles. The summed E-state index contributed by atoms with van der Waals surface area (Å²) in [5.41, 5.74) is 1.80. The summed E-state index contributed by atoms with van der Waals surface area (Å²) in [5, 5.41) is 2.84. The van der Waals surface area contributed by atoms with Gasteiger partial charge in [0, 0.05) is 31.0 Å². The van der Waals surface area contributed by atoms with Gasteiger partial charge in [0.15, 0.2) is 0 Å². The Kier molecular flexibility index (Phi) is 5.25. The summed E-state index contributed by atoms with van der Waals surface area (Å²) in [4.78, 5) is 2.35. The Balaban J connectivity index is 1.97. The van der Waals surface area contributed by atoms with Gasteiger partial charge in [0.05, 0.1) is 5.75 Å². The van der Waals surface area contributed by atoms with Crippen molar-refractivity contribution < 1.29 is 8.42 Å². The third kappa shape index (κ3) is 4.38. The van der Waals surface area contributed by atoms with E-state index in [0.29, 0.717) is 12.2 Å². The fraction of sp³-hybridized carbons (Fsp3) is 0.571. The van der Waals surface area contributed by atoms with Gasteiger partial charge in [-0.15, -0.1) is 0 Å². The second kappa shape index (κ2) is 6.95. The molecule has 0 radical (unpaired) electrons. The van der Waals surface area contributed by atoms with Gasteiger partial charge >= 0.3 is 0 Å². The summed E-state index contributed by atoms with van der Waals surface area (Å²) >= 11 is 0. The molecule has 112 valence electrons. The van der Waals surface area contributed by atoms with Crippen molar-refractivity contribution in [1.82, 2.24) is 5.32 Å². The van der Waals surface area contributed by atoms with Crippen molar-refractivity contribution in [3.05, 3.63) is 24.3 Å². The average molecular weight is 297 g/mol. The van der Waals surface area contributed by atoms with E-state index >= 15 is 0 Å². The lowest BCUT2D eigenvalue weighted by atomic mass is 10.1. The molecule has 6 heteroatoms. The van der Waals surface area contributed by atoms with Crippen molar-refractivity contribution in [2.75, 3.05) is 42.1 Å². The summed E-state index contributed by atoms with van der Waals surface area (Å²) in [6.07, 6.45) is 3.77. The van der Waals surface area contributed by atoms with Crippen LogP contribution in [-0.4, -0.2) is 40.9 Å². The SMILES string of the molecule is CNCCS(=O)(=O)Nc1ccc(N2CCCCC2)cc1. The van der Waals surface area contributed by atoms with Gasteiger partial charge in [-0.3, -0.25) is 4.72 Å². The van der Waals surface area contributed by atoms with Crippen molar-refractivity contribution in [2.24, 2.45) is 0 Å². The first-order chi connectivity index (χ1) is 9.61. The van der Waals surface area contributed by atoms with Gasteiger partial charge in [-0.25, -0.2) is 8.42 Å². The summed E-state index contributed by atoms with van der Waals surface area (Å²) < 4.78 is 26.2. The molecule has 20 heavy (non-hydrogen) atoms. The van der Waals surface area contributed by atoms with E-state index in [1.165, 1.54) is 24.9 Å². The zero-order chi connectivity index (χ0) is 14.4. The quantitative estimate of drug-likeness (QED) is 0.838. The van der Waals surface area contributed by atoms with Crippen LogP contribution in [0.2, 0.25) is 0 Å². The predicted molar refractivity (Wildman–Crippen MR) is 83.8 cm³/mol. The summed E-state index contributed by atoms with van der Waals surface area (Å²) in [6, 6.07) is 7.64. The number of hydrogen-bond donors (Lipinski definition) is 2. The first-order valence-electron chi connectivity index (χ1n) is 7.11. The molecule has 0 aliphatic carbocycles. The lowest BCUT2D eigenvalue weighted by Gasteiger charge is -2.28. The van der Waals surface area contributed by atoms with E-state index < -0.39 is 10.0 Å². The largest absolute Gasteiger partial charge is 0.372 e. The molecule has 0 amide bonds. The van der Waals surface area contributed by atoms with Gasteiger partial charge in [0.25, 0.3) is 0 Å². The molecule has 1 fully saturated rings. The second-order valence-electron chi connectivity index (χ2n) is 5.12. The number of benzene rings is 1. The van der Waals surface area contributed by atoms with Crippen LogP contribution in [0.15, 0.2) is 24.3 Å². The molecule has 1 heterocycles. The number of nitrogens with one attached hydrogen (secondary N) is 2. The molecule has 2 N–H and O–H groups in total. The van der Waals surface area contributed by atoms with E-state index in [-0.39, 0.29) is 5.75 Å². The zero-order valence-electron chi connectivity index (χ0n) is 11.9. The number of piperidine rings is 1. The molecule has 2 rings (SSSR count). The standard InChI is InChI=1S/C14H23N3O2S/c1-15-9-12-20(18,19)16-13-5-7-14(8-6-13)17-10-3-2-4-11-17/h5-8,15-16H,2-4,9-12H2,1H3. The van der Waals surface area contributed by atoms with E-state index in [1.54, 1.807) is 7.05 Å². The maximum Gasteiger partial charge on any atom is 0.233 e. The number of rotatable bonds is 6. The molecule has 1 aromatic rings. The minimum atomic E-state index is -3.26. The van der Waals surface area contributed by atoms with Crippen molar-refractivity contribution in [1.29, 1.82) is 0 Å². The molecule has 1 aliphatic rings. The van der Waals surface area contributed by atoms with Crippen LogP contribution in [0.3, 0.4) is 0 Å². The average Bonchev–Trinajstić information content (AvgIpc) is 2.46. The van der Waals surface area contributed by atoms with Crippen molar-refractivity contribution >= 4 is 21.4 Å². The fourth-order valence-electron chi connectivity index (χ4n) is 2.36. The third-order valence-corrected chi connectivity index (χ3v) is 4.77. The van der Waals surface area contributed by atoms with Crippen LogP contribution in [0.5, 0.6) is 0 Å². The lowest BCUT2D eigenvalue weighted by Crippen LogP contribution is -2.29. The molecule has 1 aromatic carbocycles. The highest BCUT2D eigenvalue weighted by Gasteiger charge is 2.12. The Bertz CT molecular complexity index is 508. The number of sulfonamides is 1. The molecular weight excluding hydrogens is 274 g/mol. The van der Waals surface area contributed by atoms with E-state index in [0.717, 1.165) is 13.1 Å². The molecule has 5 nitrogen and oxygen atoms in total. The highest BCUT2D eigenvalue weighted by molar-refractivity contribution is 7.92. The normalized spacial score (nSPS) is 16.1. The van der Waals surface area contributed by atoms with E-state index in [2.05, 4.69) is 14.9 Å². The van der Waals surface area contributed by atoms with Crippen LogP contribution >= 0.6 is 0 Å². The molecule has 0 bridgehead atoms. The van der Waals surface area contributed by atoms with Gasteiger partial charge in [-0.05, 0) is 50.6 Å². The van der Waals surface area contributed by atoms with Gasteiger partial charge in [0.1, 0.15) is 0 Å². The first kappa shape index (κ1) is 15.1. The Morgan fingerprint density at radius 2 is 1.75 bits per heavy atom. The Hall–Kier alpha value is -1.27. The second-order valence-corrected chi connectivity index (χ2v) is 6.96. The van der Waals surface area contributed by atoms with E-state index in [9.17, 15) is 8.42 Å². The smallest absolute Gasteiger partial charge is 0.233 e. The van der Waals surface area contributed by atoms with E-state index in [1.807, 2.05) is 24.3 Å². The zero-order valence-corrected chi connectivity index (χ0v) is 12.7. The molecule has 0 spiro atoms. The van der Waals surface area contributed by atoms with E-state index in [4.69, 9.17) is 0 Å². The highest BCUT2D eigenvalue weighted by atomic mass is 32.2. The number of nitrogens with zero attached hydrogens (tertiary/aromatic N) is 1. The Morgan fingerprint density at radius 3 is 2.35 bits per heavy atom. The van der Waals surface area contributed by atoms with Crippen LogP contribution in [0.25, 0.3) is 0 Å². The maximum absolute atomic E-state index is 11.8.